The summed E-state index contributed by atoms with van der Waals surface area (Å²) in [4.78, 5) is 12.6. The molecule has 0 spiro atoms. The van der Waals surface area contributed by atoms with Crippen LogP contribution in [0.2, 0.25) is 0 Å². The molecule has 120 valence electrons. The minimum atomic E-state index is -0.242. The second-order valence-electron chi connectivity index (χ2n) is 5.13. The van der Waals surface area contributed by atoms with E-state index in [1.165, 1.54) is 0 Å². The highest BCUT2D eigenvalue weighted by Crippen LogP contribution is 2.14. The number of nitrogens with one attached hydrogen (secondary N) is 1. The van der Waals surface area contributed by atoms with Crippen molar-refractivity contribution in [2.45, 2.75) is 13.6 Å². The van der Waals surface area contributed by atoms with Gasteiger partial charge in [0.1, 0.15) is 17.1 Å². The van der Waals surface area contributed by atoms with Crippen LogP contribution in [-0.4, -0.2) is 40.3 Å². The van der Waals surface area contributed by atoms with Crippen molar-refractivity contribution in [2.24, 2.45) is 0 Å². The molecule has 0 radical (unpaired) electrons. The summed E-state index contributed by atoms with van der Waals surface area (Å²) < 4.78 is 7.18. The van der Waals surface area contributed by atoms with Crippen LogP contribution in [0.15, 0.2) is 36.7 Å². The largest absolute Gasteiger partial charge is 0.318 e. The first-order valence-electron chi connectivity index (χ1n) is 7.12. The average molecular weight is 340 g/mol. The van der Waals surface area contributed by atoms with Crippen LogP contribution in [0.1, 0.15) is 15.4 Å². The fourth-order valence-corrected chi connectivity index (χ4v) is 2.84. The first-order valence-corrected chi connectivity index (χ1v) is 7.89. The predicted octanol–water partition coefficient (Wildman–Crippen LogP) is 1.55. The van der Waals surface area contributed by atoms with Crippen molar-refractivity contribution in [2.75, 3.05) is 5.32 Å². The number of anilines is 1. The number of rotatable bonds is 4. The van der Waals surface area contributed by atoms with E-state index in [-0.39, 0.29) is 5.91 Å². The number of hydrogen-bond donors (Lipinski definition) is 1. The van der Waals surface area contributed by atoms with Gasteiger partial charge >= 0.3 is 0 Å². The van der Waals surface area contributed by atoms with Gasteiger partial charge < -0.3 is 5.32 Å². The van der Waals surface area contributed by atoms with Gasteiger partial charge in [-0.2, -0.15) is 5.10 Å². The van der Waals surface area contributed by atoms with Crippen LogP contribution in [0.5, 0.6) is 0 Å². The Morgan fingerprint density at radius 1 is 1.29 bits per heavy atom. The van der Waals surface area contributed by atoms with Crippen molar-refractivity contribution in [3.63, 3.8) is 0 Å². The first-order chi connectivity index (χ1) is 11.7. The maximum Gasteiger partial charge on any atom is 0.269 e. The third-order valence-corrected chi connectivity index (χ3v) is 4.27. The van der Waals surface area contributed by atoms with Crippen LogP contribution < -0.4 is 5.32 Å². The molecule has 4 aromatic rings. The lowest BCUT2D eigenvalue weighted by molar-refractivity contribution is 0.103. The first kappa shape index (κ1) is 14.5. The van der Waals surface area contributed by atoms with Gasteiger partial charge in [0.05, 0.1) is 29.3 Å². The Bertz CT molecular complexity index is 1020. The third-order valence-electron chi connectivity index (χ3n) is 3.45. The second-order valence-corrected chi connectivity index (χ2v) is 5.88. The molecule has 0 aliphatic carbocycles. The van der Waals surface area contributed by atoms with Gasteiger partial charge in [-0.25, -0.2) is 9.36 Å². The van der Waals surface area contributed by atoms with Gasteiger partial charge in [-0.1, -0.05) is 21.8 Å². The van der Waals surface area contributed by atoms with Gasteiger partial charge in [0.15, 0.2) is 0 Å². The normalized spacial score (nSPS) is 11.0. The van der Waals surface area contributed by atoms with Gasteiger partial charge in [0.2, 0.25) is 0 Å². The minimum Gasteiger partial charge on any atom is -0.318 e. The Balaban J connectivity index is 1.51. The number of aromatic nitrogens is 7. The van der Waals surface area contributed by atoms with Crippen LogP contribution >= 0.6 is 11.5 Å². The fourth-order valence-electron chi connectivity index (χ4n) is 2.29. The van der Waals surface area contributed by atoms with Gasteiger partial charge in [-0.3, -0.25) is 4.79 Å². The molecule has 1 N–H and O–H groups in total. The van der Waals surface area contributed by atoms with E-state index in [4.69, 9.17) is 0 Å². The lowest BCUT2D eigenvalue weighted by atomic mass is 10.3. The summed E-state index contributed by atoms with van der Waals surface area (Å²) in [6.07, 6.45) is 3.32. The van der Waals surface area contributed by atoms with Crippen LogP contribution in [0.3, 0.4) is 0 Å². The Morgan fingerprint density at radius 2 is 2.17 bits per heavy atom. The van der Waals surface area contributed by atoms with Gasteiger partial charge in [0.25, 0.3) is 5.91 Å². The third kappa shape index (κ3) is 2.63. The van der Waals surface area contributed by atoms with Crippen molar-refractivity contribution < 1.29 is 4.79 Å². The second kappa shape index (κ2) is 5.81. The Morgan fingerprint density at radius 3 is 3.00 bits per heavy atom. The van der Waals surface area contributed by atoms with E-state index in [9.17, 15) is 4.79 Å². The lowest BCUT2D eigenvalue weighted by Gasteiger charge is -2.02. The molecule has 0 atom stereocenters. The molecule has 0 bridgehead atoms. The van der Waals surface area contributed by atoms with Crippen LogP contribution in [0, 0.1) is 6.92 Å². The molecule has 0 aliphatic heterocycles. The number of hydrogen-bond acceptors (Lipinski definition) is 7. The quantitative estimate of drug-likeness (QED) is 0.604. The molecule has 3 heterocycles. The molecular weight excluding hydrogens is 328 g/mol. The molecular formula is C14H12N8OS. The summed E-state index contributed by atoms with van der Waals surface area (Å²) >= 11 is 1.07. The SMILES string of the molecule is Cc1nnsc1C(=O)Nc1cnn(Cn2nnc3ccccc32)c1. The lowest BCUT2D eigenvalue weighted by Crippen LogP contribution is -2.12. The standard InChI is InChI=1S/C14H12N8OS/c1-9-13(24-20-17-9)14(23)16-10-6-15-21(7-10)8-22-12-5-3-2-4-11(12)18-19-22/h2-7H,8H2,1H3,(H,16,23). The highest BCUT2D eigenvalue weighted by atomic mass is 32.1. The molecule has 0 unspecified atom stereocenters. The highest BCUT2D eigenvalue weighted by Gasteiger charge is 2.14. The van der Waals surface area contributed by atoms with Crippen molar-refractivity contribution >= 4 is 34.2 Å². The molecule has 10 heteroatoms. The maximum absolute atomic E-state index is 12.2. The summed E-state index contributed by atoms with van der Waals surface area (Å²) in [7, 11) is 0. The zero-order valence-electron chi connectivity index (χ0n) is 12.6. The van der Waals surface area contributed by atoms with Crippen molar-refractivity contribution in [3.8, 4) is 0 Å². The molecule has 0 saturated carbocycles. The molecule has 9 nitrogen and oxygen atoms in total. The number of carbonyl (C=O) groups excluding carboxylic acids is 1. The van der Waals surface area contributed by atoms with Crippen LogP contribution in [0.25, 0.3) is 11.0 Å². The summed E-state index contributed by atoms with van der Waals surface area (Å²) in [6, 6.07) is 7.70. The number of carbonyl (C=O) groups is 1. The molecule has 4 rings (SSSR count). The number of para-hydroxylation sites is 1. The molecule has 1 aromatic carbocycles. The van der Waals surface area contributed by atoms with E-state index in [1.54, 1.807) is 28.7 Å². The zero-order valence-corrected chi connectivity index (χ0v) is 13.4. The van der Waals surface area contributed by atoms with E-state index in [0.717, 1.165) is 22.6 Å². The smallest absolute Gasteiger partial charge is 0.269 e. The average Bonchev–Trinajstić information content (AvgIpc) is 3.29. The molecule has 0 aliphatic rings. The van der Waals surface area contributed by atoms with E-state index in [1.807, 2.05) is 24.3 Å². The topological polar surface area (TPSA) is 103 Å². The summed E-state index contributed by atoms with van der Waals surface area (Å²) in [5.41, 5.74) is 2.95. The van der Waals surface area contributed by atoms with Crippen molar-refractivity contribution in [3.05, 3.63) is 47.2 Å². The number of benzene rings is 1. The molecule has 3 aromatic heterocycles. The van der Waals surface area contributed by atoms with Crippen LogP contribution in [-0.2, 0) is 6.67 Å². The molecule has 1 amide bonds. The number of aryl methyl sites for hydroxylation is 1. The molecule has 0 fully saturated rings. The van der Waals surface area contributed by atoms with E-state index in [2.05, 4.69) is 30.3 Å². The predicted molar refractivity (Wildman–Crippen MR) is 87.8 cm³/mol. The molecule has 24 heavy (non-hydrogen) atoms. The van der Waals surface area contributed by atoms with Gasteiger partial charge in [-0.05, 0) is 30.6 Å². The van der Waals surface area contributed by atoms with Gasteiger partial charge in [0, 0.05) is 0 Å². The molecule has 0 saturated heterocycles. The van der Waals surface area contributed by atoms with Crippen molar-refractivity contribution in [1.82, 2.24) is 34.4 Å². The fraction of sp³-hybridized carbons (Fsp3) is 0.143. The van der Waals surface area contributed by atoms with E-state index < -0.39 is 0 Å². The van der Waals surface area contributed by atoms with Crippen molar-refractivity contribution in [1.29, 1.82) is 0 Å². The van der Waals surface area contributed by atoms with E-state index in [0.29, 0.717) is 22.9 Å². The maximum atomic E-state index is 12.2. The minimum absolute atomic E-state index is 0.242. The number of nitrogens with zero attached hydrogens (tertiary/aromatic N) is 7. The Labute approximate surface area is 140 Å². The van der Waals surface area contributed by atoms with Gasteiger partial charge in [-0.15, -0.1) is 10.2 Å². The summed E-state index contributed by atoms with van der Waals surface area (Å²) in [6.45, 7) is 2.15. The Kier molecular flexibility index (Phi) is 3.50. The number of fused-ring (bicyclic) bond motifs is 1. The summed E-state index contributed by atoms with van der Waals surface area (Å²) in [5.74, 6) is -0.242. The Hall–Kier alpha value is -3.14. The zero-order chi connectivity index (χ0) is 16.5. The monoisotopic (exact) mass is 340 g/mol. The van der Waals surface area contributed by atoms with E-state index >= 15 is 0 Å². The summed E-state index contributed by atoms with van der Waals surface area (Å²) in [5, 5.41) is 19.1. The highest BCUT2D eigenvalue weighted by molar-refractivity contribution is 7.08. The number of amides is 1. The van der Waals surface area contributed by atoms with Crippen LogP contribution in [0.4, 0.5) is 5.69 Å².